The van der Waals surface area contributed by atoms with Gasteiger partial charge in [0.05, 0.1) is 23.3 Å². The largest absolute Gasteiger partial charge is 0.344 e. The lowest BCUT2D eigenvalue weighted by atomic mass is 10.1. The monoisotopic (exact) mass is 272 g/mol. The molecule has 0 unspecified atom stereocenters. The zero-order valence-corrected chi connectivity index (χ0v) is 11.3. The highest BCUT2D eigenvalue weighted by Crippen LogP contribution is 2.32. The van der Waals surface area contributed by atoms with E-state index in [4.69, 9.17) is 32.7 Å². The van der Waals surface area contributed by atoms with Crippen LogP contribution in [0, 0.1) is 0 Å². The van der Waals surface area contributed by atoms with Crippen molar-refractivity contribution in [2.24, 2.45) is 0 Å². The van der Waals surface area contributed by atoms with Crippen LogP contribution in [0.5, 0.6) is 0 Å². The van der Waals surface area contributed by atoms with Gasteiger partial charge >= 0.3 is 0 Å². The number of rotatable bonds is 2. The predicted molar refractivity (Wildman–Crippen MR) is 70.4 cm³/mol. The zero-order chi connectivity index (χ0) is 12.5. The predicted octanol–water partition coefficient (Wildman–Crippen LogP) is 4.16. The summed E-state index contributed by atoms with van der Waals surface area (Å²) in [5.41, 5.74) is 1.84. The number of ether oxygens (including phenoxy) is 2. The van der Waals surface area contributed by atoms with E-state index in [-0.39, 0.29) is 0 Å². The Hall–Kier alpha value is -0.540. The smallest absolute Gasteiger partial charge is 0.188 e. The first-order chi connectivity index (χ1) is 8.03. The molecular formula is C13H14Cl2O2. The summed E-state index contributed by atoms with van der Waals surface area (Å²) in [5, 5.41) is 1.10. The third-order valence-corrected chi connectivity index (χ3v) is 3.74. The molecule has 0 saturated carbocycles. The number of benzene rings is 1. The molecule has 0 radical (unpaired) electrons. The van der Waals surface area contributed by atoms with Crippen molar-refractivity contribution in [1.82, 2.24) is 0 Å². The van der Waals surface area contributed by atoms with Crippen molar-refractivity contribution >= 4 is 29.3 Å². The lowest BCUT2D eigenvalue weighted by Gasteiger charge is -2.23. The second-order valence-electron chi connectivity index (χ2n) is 4.11. The van der Waals surface area contributed by atoms with Crippen LogP contribution in [0.15, 0.2) is 23.8 Å². The Bertz CT molecular complexity index is 449. The van der Waals surface area contributed by atoms with Crippen LogP contribution in [-0.4, -0.2) is 19.0 Å². The maximum absolute atomic E-state index is 6.13. The molecule has 0 N–H and O–H groups in total. The van der Waals surface area contributed by atoms with Gasteiger partial charge in [0, 0.05) is 0 Å². The summed E-state index contributed by atoms with van der Waals surface area (Å²) in [6.45, 7) is 5.10. The van der Waals surface area contributed by atoms with E-state index < -0.39 is 5.79 Å². The highest BCUT2D eigenvalue weighted by atomic mass is 35.5. The molecular weight excluding hydrogens is 259 g/mol. The summed E-state index contributed by atoms with van der Waals surface area (Å²) < 4.78 is 11.2. The highest BCUT2D eigenvalue weighted by molar-refractivity contribution is 6.42. The third-order valence-electron chi connectivity index (χ3n) is 2.91. The molecule has 0 aliphatic carbocycles. The van der Waals surface area contributed by atoms with E-state index >= 15 is 0 Å². The Morgan fingerprint density at radius 1 is 1.29 bits per heavy atom. The molecule has 1 aromatic carbocycles. The quantitative estimate of drug-likeness (QED) is 0.805. The van der Waals surface area contributed by atoms with Gasteiger partial charge in [0.1, 0.15) is 0 Å². The van der Waals surface area contributed by atoms with Crippen molar-refractivity contribution in [1.29, 1.82) is 0 Å². The number of hydrogen-bond acceptors (Lipinski definition) is 2. The van der Waals surface area contributed by atoms with Gasteiger partial charge in [-0.1, -0.05) is 35.3 Å². The summed E-state index contributed by atoms with van der Waals surface area (Å²) in [4.78, 5) is 0. The summed E-state index contributed by atoms with van der Waals surface area (Å²) in [7, 11) is 0. The van der Waals surface area contributed by atoms with Crippen LogP contribution < -0.4 is 0 Å². The van der Waals surface area contributed by atoms with Crippen LogP contribution in [0.2, 0.25) is 10.0 Å². The van der Waals surface area contributed by atoms with E-state index in [1.165, 1.54) is 0 Å². The molecule has 17 heavy (non-hydrogen) atoms. The molecule has 0 atom stereocenters. The van der Waals surface area contributed by atoms with E-state index in [1.54, 1.807) is 6.07 Å². The first kappa shape index (κ1) is 12.9. The van der Waals surface area contributed by atoms with Gasteiger partial charge in [-0.05, 0) is 37.1 Å². The van der Waals surface area contributed by atoms with Crippen LogP contribution >= 0.6 is 23.2 Å². The molecule has 2 rings (SSSR count). The number of hydrogen-bond donors (Lipinski definition) is 0. The lowest BCUT2D eigenvalue weighted by molar-refractivity contribution is -0.109. The van der Waals surface area contributed by atoms with Crippen LogP contribution in [0.1, 0.15) is 19.4 Å². The summed E-state index contributed by atoms with van der Waals surface area (Å²) in [5.74, 6) is -0.647. The fourth-order valence-corrected chi connectivity index (χ4v) is 2.10. The molecule has 2 nitrogen and oxygen atoms in total. The molecule has 1 saturated heterocycles. The first-order valence-corrected chi connectivity index (χ1v) is 6.19. The molecule has 1 heterocycles. The standard InChI is InChI=1S/C13H14Cl2O2/c1-9(13(2)16-6-7-17-13)8-10-4-3-5-11(14)12(10)15/h3-5,8H,6-7H2,1-2H3/b9-8+. The third kappa shape index (κ3) is 2.66. The highest BCUT2D eigenvalue weighted by Gasteiger charge is 2.32. The average Bonchev–Trinajstić information content (AvgIpc) is 2.73. The van der Waals surface area contributed by atoms with E-state index in [0.717, 1.165) is 11.1 Å². The normalized spacial score (nSPS) is 19.6. The molecule has 1 aromatic rings. The van der Waals surface area contributed by atoms with Crippen molar-refractivity contribution in [2.45, 2.75) is 19.6 Å². The van der Waals surface area contributed by atoms with Gasteiger partial charge in [-0.3, -0.25) is 0 Å². The van der Waals surface area contributed by atoms with E-state index in [9.17, 15) is 0 Å². The average molecular weight is 273 g/mol. The first-order valence-electron chi connectivity index (χ1n) is 5.43. The van der Waals surface area contributed by atoms with Gasteiger partial charge in [-0.2, -0.15) is 0 Å². The summed E-state index contributed by atoms with van der Waals surface area (Å²) in [6, 6.07) is 5.54. The maximum atomic E-state index is 6.13. The van der Waals surface area contributed by atoms with E-state index in [0.29, 0.717) is 23.3 Å². The molecule has 1 aliphatic rings. The van der Waals surface area contributed by atoms with Crippen LogP contribution in [0.3, 0.4) is 0 Å². The van der Waals surface area contributed by atoms with Crippen molar-refractivity contribution < 1.29 is 9.47 Å². The summed E-state index contributed by atoms with van der Waals surface area (Å²) in [6.07, 6.45) is 1.94. The van der Waals surface area contributed by atoms with Crippen LogP contribution in [0.4, 0.5) is 0 Å². The van der Waals surface area contributed by atoms with Crippen molar-refractivity contribution in [3.05, 3.63) is 39.4 Å². The fourth-order valence-electron chi connectivity index (χ4n) is 1.74. The second kappa shape index (κ2) is 4.99. The van der Waals surface area contributed by atoms with Crippen molar-refractivity contribution in [3.8, 4) is 0 Å². The van der Waals surface area contributed by atoms with Gasteiger partial charge in [0.2, 0.25) is 0 Å². The summed E-state index contributed by atoms with van der Waals surface area (Å²) >= 11 is 12.1. The van der Waals surface area contributed by atoms with Gasteiger partial charge in [0.15, 0.2) is 5.79 Å². The Labute approximate surface area is 111 Å². The molecule has 0 amide bonds. The molecule has 4 heteroatoms. The van der Waals surface area contributed by atoms with Gasteiger partial charge in [0.25, 0.3) is 0 Å². The topological polar surface area (TPSA) is 18.5 Å². The Kier molecular flexibility index (Phi) is 3.79. The number of halogens is 2. The van der Waals surface area contributed by atoms with Crippen LogP contribution in [0.25, 0.3) is 6.08 Å². The Morgan fingerprint density at radius 2 is 1.94 bits per heavy atom. The fraction of sp³-hybridized carbons (Fsp3) is 0.385. The van der Waals surface area contributed by atoms with Gasteiger partial charge < -0.3 is 9.47 Å². The molecule has 1 fully saturated rings. The van der Waals surface area contributed by atoms with E-state index in [1.807, 2.05) is 32.1 Å². The zero-order valence-electron chi connectivity index (χ0n) is 9.80. The molecule has 0 aromatic heterocycles. The van der Waals surface area contributed by atoms with Crippen LogP contribution in [-0.2, 0) is 9.47 Å². The Balaban J connectivity index is 2.32. The molecule has 92 valence electrons. The second-order valence-corrected chi connectivity index (χ2v) is 4.90. The SMILES string of the molecule is C/C(=C\c1cccc(Cl)c1Cl)C1(C)OCCO1. The van der Waals surface area contributed by atoms with Gasteiger partial charge in [-0.15, -0.1) is 0 Å². The lowest BCUT2D eigenvalue weighted by Crippen LogP contribution is -2.26. The molecule has 0 bridgehead atoms. The Morgan fingerprint density at radius 3 is 2.59 bits per heavy atom. The van der Waals surface area contributed by atoms with Crippen molar-refractivity contribution in [2.75, 3.05) is 13.2 Å². The van der Waals surface area contributed by atoms with Crippen molar-refractivity contribution in [3.63, 3.8) is 0 Å². The molecule has 0 spiro atoms. The minimum absolute atomic E-state index is 0.548. The maximum Gasteiger partial charge on any atom is 0.188 e. The van der Waals surface area contributed by atoms with Gasteiger partial charge in [-0.25, -0.2) is 0 Å². The van der Waals surface area contributed by atoms with E-state index in [2.05, 4.69) is 0 Å². The molecule has 1 aliphatic heterocycles. The minimum Gasteiger partial charge on any atom is -0.344 e. The minimum atomic E-state index is -0.647.